The van der Waals surface area contributed by atoms with Crippen LogP contribution >= 0.6 is 0 Å². The molecule has 0 aliphatic heterocycles. The fourth-order valence-corrected chi connectivity index (χ4v) is 4.46. The van der Waals surface area contributed by atoms with Crippen molar-refractivity contribution in [3.05, 3.63) is 102 Å². The summed E-state index contributed by atoms with van der Waals surface area (Å²) >= 11 is 0. The van der Waals surface area contributed by atoms with Gasteiger partial charge < -0.3 is 10.3 Å². The van der Waals surface area contributed by atoms with Gasteiger partial charge in [-0.25, -0.2) is 17.8 Å². The second-order valence-corrected chi connectivity index (χ2v) is 9.30. The zero-order valence-electron chi connectivity index (χ0n) is 18.3. The number of nitrogens with one attached hydrogen (secondary N) is 3. The van der Waals surface area contributed by atoms with Crippen LogP contribution in [0, 0.1) is 5.82 Å². The van der Waals surface area contributed by atoms with Gasteiger partial charge >= 0.3 is 0 Å². The zero-order valence-corrected chi connectivity index (χ0v) is 19.1. The van der Waals surface area contributed by atoms with E-state index in [9.17, 15) is 17.6 Å². The molecule has 0 bridgehead atoms. The molecule has 7 nitrogen and oxygen atoms in total. The summed E-state index contributed by atoms with van der Waals surface area (Å²) in [7, 11) is -3.87. The fourth-order valence-electron chi connectivity index (χ4n) is 3.40. The molecule has 1 atom stereocenters. The number of aromatic nitrogens is 2. The third-order valence-corrected chi connectivity index (χ3v) is 6.64. The van der Waals surface area contributed by atoms with Crippen LogP contribution < -0.4 is 10.0 Å². The van der Waals surface area contributed by atoms with E-state index in [1.54, 1.807) is 6.20 Å². The standard InChI is InChI=1S/C25H23FN4O3S/c1-2-22(24-27-16-23(28-24)17-6-4-3-5-7-17)29-25(31)18-8-12-20(13-9-18)30-34(32,33)21-14-10-19(26)11-15-21/h3-16,22,30H,2H2,1H3,(H,27,28)(H,29,31). The minimum Gasteiger partial charge on any atom is -0.342 e. The average molecular weight is 479 g/mol. The van der Waals surface area contributed by atoms with Crippen LogP contribution in [0.15, 0.2) is 90.0 Å². The van der Waals surface area contributed by atoms with Crippen molar-refractivity contribution < 1.29 is 17.6 Å². The molecular formula is C25H23FN4O3S. The summed E-state index contributed by atoms with van der Waals surface area (Å²) in [5.41, 5.74) is 2.52. The molecule has 174 valence electrons. The number of aromatic amines is 1. The van der Waals surface area contributed by atoms with Gasteiger partial charge in [-0.2, -0.15) is 0 Å². The number of halogens is 1. The number of rotatable bonds is 8. The maximum atomic E-state index is 13.1. The molecule has 0 radical (unpaired) electrons. The number of sulfonamides is 1. The van der Waals surface area contributed by atoms with E-state index in [2.05, 4.69) is 20.0 Å². The van der Waals surface area contributed by atoms with Gasteiger partial charge in [0, 0.05) is 11.3 Å². The van der Waals surface area contributed by atoms with Crippen molar-refractivity contribution in [1.29, 1.82) is 0 Å². The van der Waals surface area contributed by atoms with Crippen molar-refractivity contribution in [3.8, 4) is 11.3 Å². The lowest BCUT2D eigenvalue weighted by atomic mass is 10.1. The number of carbonyl (C=O) groups excluding carboxylic acids is 1. The predicted molar refractivity (Wildman–Crippen MR) is 128 cm³/mol. The van der Waals surface area contributed by atoms with Crippen molar-refractivity contribution in [2.75, 3.05) is 4.72 Å². The first-order valence-electron chi connectivity index (χ1n) is 10.7. The molecule has 1 amide bonds. The second-order valence-electron chi connectivity index (χ2n) is 7.62. The van der Waals surface area contributed by atoms with E-state index in [0.29, 0.717) is 17.8 Å². The Morgan fingerprint density at radius 1 is 1.00 bits per heavy atom. The molecule has 1 aromatic heterocycles. The largest absolute Gasteiger partial charge is 0.342 e. The number of amides is 1. The first kappa shape index (κ1) is 23.2. The second kappa shape index (κ2) is 9.88. The number of nitrogens with zero attached hydrogens (tertiary/aromatic N) is 1. The minimum atomic E-state index is -3.87. The number of hydrogen-bond donors (Lipinski definition) is 3. The van der Waals surface area contributed by atoms with E-state index in [1.165, 1.54) is 36.4 Å². The minimum absolute atomic E-state index is 0.0603. The fraction of sp³-hybridized carbons (Fsp3) is 0.120. The Hall–Kier alpha value is -3.98. The highest BCUT2D eigenvalue weighted by Gasteiger charge is 2.18. The van der Waals surface area contributed by atoms with Gasteiger partial charge in [-0.05, 0) is 60.5 Å². The molecule has 9 heteroatoms. The van der Waals surface area contributed by atoms with Crippen LogP contribution in [0.25, 0.3) is 11.3 Å². The Labute approximate surface area is 197 Å². The maximum Gasteiger partial charge on any atom is 0.261 e. The predicted octanol–water partition coefficient (Wildman–Crippen LogP) is 4.90. The molecule has 0 saturated heterocycles. The summed E-state index contributed by atoms with van der Waals surface area (Å²) in [6, 6.07) is 20.0. The van der Waals surface area contributed by atoms with Crippen molar-refractivity contribution >= 4 is 21.6 Å². The summed E-state index contributed by atoms with van der Waals surface area (Å²) in [5, 5.41) is 2.96. The number of hydrogen-bond acceptors (Lipinski definition) is 4. The number of carbonyl (C=O) groups is 1. The Kier molecular flexibility index (Phi) is 6.74. The Bertz CT molecular complexity index is 1370. The third kappa shape index (κ3) is 5.32. The summed E-state index contributed by atoms with van der Waals surface area (Å²) in [6.07, 6.45) is 2.37. The summed E-state index contributed by atoms with van der Waals surface area (Å²) in [4.78, 5) is 20.4. The van der Waals surface area contributed by atoms with E-state index < -0.39 is 15.8 Å². The number of H-pyrrole nitrogens is 1. The van der Waals surface area contributed by atoms with Crippen molar-refractivity contribution in [2.24, 2.45) is 0 Å². The molecule has 0 spiro atoms. The summed E-state index contributed by atoms with van der Waals surface area (Å²) in [6.45, 7) is 1.95. The first-order valence-corrected chi connectivity index (χ1v) is 12.1. The Morgan fingerprint density at radius 2 is 1.68 bits per heavy atom. The number of benzene rings is 3. The van der Waals surface area contributed by atoms with Crippen LogP contribution in [0.4, 0.5) is 10.1 Å². The Morgan fingerprint density at radius 3 is 2.32 bits per heavy atom. The molecule has 3 aromatic carbocycles. The maximum absolute atomic E-state index is 13.1. The van der Waals surface area contributed by atoms with Crippen LogP contribution in [0.3, 0.4) is 0 Å². The molecule has 34 heavy (non-hydrogen) atoms. The first-order chi connectivity index (χ1) is 16.4. The van der Waals surface area contributed by atoms with E-state index >= 15 is 0 Å². The highest BCUT2D eigenvalue weighted by atomic mass is 32.2. The quantitative estimate of drug-likeness (QED) is 0.335. The van der Waals surface area contributed by atoms with Crippen molar-refractivity contribution in [3.63, 3.8) is 0 Å². The molecule has 0 saturated carbocycles. The van der Waals surface area contributed by atoms with Crippen molar-refractivity contribution in [2.45, 2.75) is 24.3 Å². The molecule has 1 heterocycles. The van der Waals surface area contributed by atoms with Gasteiger partial charge in [0.05, 0.1) is 22.8 Å². The van der Waals surface area contributed by atoms with Gasteiger partial charge in [0.2, 0.25) is 0 Å². The molecular weight excluding hydrogens is 455 g/mol. The Balaban J connectivity index is 1.43. The zero-order chi connectivity index (χ0) is 24.1. The molecule has 1 unspecified atom stereocenters. The molecule has 4 rings (SSSR count). The highest BCUT2D eigenvalue weighted by molar-refractivity contribution is 7.92. The van der Waals surface area contributed by atoms with Gasteiger partial charge in [0.25, 0.3) is 15.9 Å². The number of anilines is 1. The van der Waals surface area contributed by atoms with E-state index in [-0.39, 0.29) is 22.5 Å². The van der Waals surface area contributed by atoms with Gasteiger partial charge in [-0.15, -0.1) is 0 Å². The topological polar surface area (TPSA) is 104 Å². The SMILES string of the molecule is CCC(NC(=O)c1ccc(NS(=O)(=O)c2ccc(F)cc2)cc1)c1ncc(-c2ccccc2)[nH]1. The molecule has 0 aliphatic rings. The van der Waals surface area contributed by atoms with Gasteiger partial charge in [0.15, 0.2) is 0 Å². The van der Waals surface area contributed by atoms with Crippen LogP contribution in [0.5, 0.6) is 0 Å². The highest BCUT2D eigenvalue weighted by Crippen LogP contribution is 2.21. The van der Waals surface area contributed by atoms with Crippen LogP contribution in [0.1, 0.15) is 35.6 Å². The summed E-state index contributed by atoms with van der Waals surface area (Å²) < 4.78 is 40.4. The lowest BCUT2D eigenvalue weighted by Gasteiger charge is -2.15. The van der Waals surface area contributed by atoms with Gasteiger partial charge in [-0.3, -0.25) is 9.52 Å². The summed E-state index contributed by atoms with van der Waals surface area (Å²) in [5.74, 6) is -0.179. The van der Waals surface area contributed by atoms with Crippen LogP contribution in [0.2, 0.25) is 0 Å². The average Bonchev–Trinajstić information content (AvgIpc) is 3.33. The molecule has 3 N–H and O–H groups in total. The monoisotopic (exact) mass is 478 g/mol. The van der Waals surface area contributed by atoms with E-state index in [0.717, 1.165) is 23.4 Å². The normalized spacial score (nSPS) is 12.2. The van der Waals surface area contributed by atoms with E-state index in [1.807, 2.05) is 37.3 Å². The van der Waals surface area contributed by atoms with Gasteiger partial charge in [-0.1, -0.05) is 37.3 Å². The smallest absolute Gasteiger partial charge is 0.261 e. The van der Waals surface area contributed by atoms with Gasteiger partial charge in [0.1, 0.15) is 11.6 Å². The lowest BCUT2D eigenvalue weighted by molar-refractivity contribution is 0.0934. The van der Waals surface area contributed by atoms with E-state index in [4.69, 9.17) is 0 Å². The molecule has 0 fully saturated rings. The molecule has 0 aliphatic carbocycles. The molecule has 4 aromatic rings. The van der Waals surface area contributed by atoms with Crippen LogP contribution in [-0.4, -0.2) is 24.3 Å². The van der Waals surface area contributed by atoms with Crippen molar-refractivity contribution in [1.82, 2.24) is 15.3 Å². The lowest BCUT2D eigenvalue weighted by Crippen LogP contribution is -2.28. The number of imidazole rings is 1. The third-order valence-electron chi connectivity index (χ3n) is 5.25. The van der Waals surface area contributed by atoms with Crippen LogP contribution in [-0.2, 0) is 10.0 Å².